The van der Waals surface area contributed by atoms with Gasteiger partial charge in [0.25, 0.3) is 0 Å². The first-order valence-electron chi connectivity index (χ1n) is 11.0. The summed E-state index contributed by atoms with van der Waals surface area (Å²) < 4.78 is 13.1. The van der Waals surface area contributed by atoms with Crippen molar-refractivity contribution in [3.05, 3.63) is 88.2 Å². The topological polar surface area (TPSA) is 49.3 Å². The molecule has 2 heterocycles. The summed E-state index contributed by atoms with van der Waals surface area (Å²) in [7, 11) is 0. The number of hydrogen-bond donors (Lipinski definition) is 0. The number of aromatic nitrogens is 2. The maximum Gasteiger partial charge on any atom is 0.227 e. The van der Waals surface area contributed by atoms with Gasteiger partial charge in [0.1, 0.15) is 11.6 Å². The van der Waals surface area contributed by atoms with Crippen molar-refractivity contribution in [3.8, 4) is 11.4 Å². The Morgan fingerprint density at radius 2 is 1.65 bits per heavy atom. The predicted octanol–water partition coefficient (Wildman–Crippen LogP) is 5.63. The van der Waals surface area contributed by atoms with E-state index in [0.717, 1.165) is 27.8 Å². The molecule has 0 bridgehead atoms. The SMILES string of the molecule is O=C(Cc1ccc(F)cc1)N1CCN(c2nc(-c3ccccc3Cl)nc3cc(Cl)ccc23)CC1. The first kappa shape index (κ1) is 22.6. The van der Waals surface area contributed by atoms with Crippen LogP contribution >= 0.6 is 23.2 Å². The summed E-state index contributed by atoms with van der Waals surface area (Å²) in [5, 5.41) is 2.07. The minimum atomic E-state index is -0.306. The van der Waals surface area contributed by atoms with Gasteiger partial charge < -0.3 is 9.80 Å². The minimum Gasteiger partial charge on any atom is -0.352 e. The number of nitrogens with zero attached hydrogens (tertiary/aromatic N) is 4. The van der Waals surface area contributed by atoms with Gasteiger partial charge >= 0.3 is 0 Å². The van der Waals surface area contributed by atoms with Crippen LogP contribution in [0.1, 0.15) is 5.56 Å². The second kappa shape index (κ2) is 9.57. The lowest BCUT2D eigenvalue weighted by molar-refractivity contribution is -0.130. The summed E-state index contributed by atoms with van der Waals surface area (Å²) in [6.45, 7) is 2.40. The average molecular weight is 495 g/mol. The van der Waals surface area contributed by atoms with Crippen LogP contribution in [0.15, 0.2) is 66.7 Å². The van der Waals surface area contributed by atoms with Crippen LogP contribution in [-0.2, 0) is 11.2 Å². The normalized spacial score (nSPS) is 14.0. The molecule has 3 aromatic carbocycles. The zero-order valence-corrected chi connectivity index (χ0v) is 19.7. The molecule has 0 spiro atoms. The van der Waals surface area contributed by atoms with Crippen LogP contribution in [0.25, 0.3) is 22.3 Å². The zero-order valence-electron chi connectivity index (χ0n) is 18.2. The first-order valence-corrected chi connectivity index (χ1v) is 11.7. The Hall–Kier alpha value is -3.22. The standard InChI is InChI=1S/C26H21Cl2FN4O/c27-18-7-10-21-23(16-18)30-25(20-3-1-2-4-22(20)28)31-26(21)33-13-11-32(12-14-33)24(34)15-17-5-8-19(29)9-6-17/h1-10,16H,11-15H2. The summed E-state index contributed by atoms with van der Waals surface area (Å²) in [5.41, 5.74) is 2.29. The second-order valence-electron chi connectivity index (χ2n) is 8.18. The molecule has 0 unspecified atom stereocenters. The third-order valence-corrected chi connectivity index (χ3v) is 6.52. The van der Waals surface area contributed by atoms with Crippen LogP contribution in [-0.4, -0.2) is 47.0 Å². The van der Waals surface area contributed by atoms with Gasteiger partial charge in [0.15, 0.2) is 5.82 Å². The molecule has 8 heteroatoms. The molecular weight excluding hydrogens is 474 g/mol. The van der Waals surface area contributed by atoms with Gasteiger partial charge in [-0.05, 0) is 48.0 Å². The van der Waals surface area contributed by atoms with E-state index in [4.69, 9.17) is 33.2 Å². The molecule has 1 fully saturated rings. The number of carbonyl (C=O) groups is 1. The molecule has 0 N–H and O–H groups in total. The van der Waals surface area contributed by atoms with E-state index in [0.29, 0.717) is 42.0 Å². The minimum absolute atomic E-state index is 0.0299. The Bertz CT molecular complexity index is 1360. The number of rotatable bonds is 4. The van der Waals surface area contributed by atoms with Gasteiger partial charge in [0, 0.05) is 42.2 Å². The Morgan fingerprint density at radius 3 is 2.38 bits per heavy atom. The Morgan fingerprint density at radius 1 is 0.912 bits per heavy atom. The number of piperazine rings is 1. The van der Waals surface area contributed by atoms with Gasteiger partial charge in [-0.2, -0.15) is 0 Å². The lowest BCUT2D eigenvalue weighted by Crippen LogP contribution is -2.49. The highest BCUT2D eigenvalue weighted by Gasteiger charge is 2.24. The second-order valence-corrected chi connectivity index (χ2v) is 9.03. The fourth-order valence-electron chi connectivity index (χ4n) is 4.15. The Labute approximate surface area is 206 Å². The summed E-state index contributed by atoms with van der Waals surface area (Å²) in [6, 6.07) is 19.1. The fraction of sp³-hybridized carbons (Fsp3) is 0.192. The van der Waals surface area contributed by atoms with Gasteiger partial charge in [0.2, 0.25) is 5.91 Å². The van der Waals surface area contributed by atoms with Gasteiger partial charge in [-0.3, -0.25) is 4.79 Å². The monoisotopic (exact) mass is 494 g/mol. The predicted molar refractivity (Wildman–Crippen MR) is 134 cm³/mol. The molecule has 1 aromatic heterocycles. The molecule has 1 saturated heterocycles. The highest BCUT2D eigenvalue weighted by molar-refractivity contribution is 6.33. The molecule has 4 aromatic rings. The Balaban J connectivity index is 1.39. The van der Waals surface area contributed by atoms with E-state index in [1.165, 1.54) is 12.1 Å². The summed E-state index contributed by atoms with van der Waals surface area (Å²) in [6.07, 6.45) is 0.256. The van der Waals surface area contributed by atoms with Crippen LogP contribution in [0.3, 0.4) is 0 Å². The van der Waals surface area contributed by atoms with Crippen molar-refractivity contribution in [1.29, 1.82) is 0 Å². The molecule has 0 radical (unpaired) electrons. The number of carbonyl (C=O) groups excluding carboxylic acids is 1. The molecule has 1 aliphatic rings. The van der Waals surface area contributed by atoms with Crippen molar-refractivity contribution in [2.24, 2.45) is 0 Å². The lowest BCUT2D eigenvalue weighted by Gasteiger charge is -2.36. The van der Waals surface area contributed by atoms with Crippen LogP contribution in [0.4, 0.5) is 10.2 Å². The summed E-state index contributed by atoms with van der Waals surface area (Å²) >= 11 is 12.7. The number of fused-ring (bicyclic) bond motifs is 1. The van der Waals surface area contributed by atoms with E-state index in [1.54, 1.807) is 12.1 Å². The number of benzene rings is 3. The smallest absolute Gasteiger partial charge is 0.227 e. The number of anilines is 1. The van der Waals surface area contributed by atoms with E-state index in [9.17, 15) is 9.18 Å². The van der Waals surface area contributed by atoms with E-state index in [2.05, 4.69) is 4.90 Å². The van der Waals surface area contributed by atoms with E-state index in [-0.39, 0.29) is 18.1 Å². The van der Waals surface area contributed by atoms with Crippen molar-refractivity contribution >= 4 is 45.8 Å². The van der Waals surface area contributed by atoms with Crippen molar-refractivity contribution in [3.63, 3.8) is 0 Å². The molecule has 0 aliphatic carbocycles. The molecule has 172 valence electrons. The average Bonchev–Trinajstić information content (AvgIpc) is 2.85. The highest BCUT2D eigenvalue weighted by Crippen LogP contribution is 2.32. The van der Waals surface area contributed by atoms with Gasteiger partial charge in [-0.25, -0.2) is 14.4 Å². The molecule has 5 nitrogen and oxygen atoms in total. The largest absolute Gasteiger partial charge is 0.352 e. The third-order valence-electron chi connectivity index (χ3n) is 5.95. The lowest BCUT2D eigenvalue weighted by atomic mass is 10.1. The first-order chi connectivity index (χ1) is 16.5. The number of amides is 1. The molecule has 1 amide bonds. The number of halogens is 3. The summed E-state index contributed by atoms with van der Waals surface area (Å²) in [4.78, 5) is 26.4. The zero-order chi connectivity index (χ0) is 23.7. The molecule has 0 atom stereocenters. The highest BCUT2D eigenvalue weighted by atomic mass is 35.5. The summed E-state index contributed by atoms with van der Waals surface area (Å²) in [5.74, 6) is 1.05. The maximum atomic E-state index is 13.1. The molecule has 5 rings (SSSR count). The third kappa shape index (κ3) is 4.69. The Kier molecular flexibility index (Phi) is 6.35. The molecule has 34 heavy (non-hydrogen) atoms. The molecule has 1 aliphatic heterocycles. The van der Waals surface area contributed by atoms with E-state index < -0.39 is 0 Å². The van der Waals surface area contributed by atoms with Crippen molar-refractivity contribution in [2.75, 3.05) is 31.1 Å². The quantitative estimate of drug-likeness (QED) is 0.368. The fourth-order valence-corrected chi connectivity index (χ4v) is 4.53. The molecular formula is C26H21Cl2FN4O. The van der Waals surface area contributed by atoms with Crippen LogP contribution in [0.5, 0.6) is 0 Å². The van der Waals surface area contributed by atoms with E-state index in [1.807, 2.05) is 47.4 Å². The maximum absolute atomic E-state index is 13.1. The van der Waals surface area contributed by atoms with Gasteiger partial charge in [0.05, 0.1) is 17.0 Å². The van der Waals surface area contributed by atoms with Crippen molar-refractivity contribution in [1.82, 2.24) is 14.9 Å². The van der Waals surface area contributed by atoms with Gasteiger partial charge in [-0.1, -0.05) is 47.5 Å². The van der Waals surface area contributed by atoms with Crippen LogP contribution in [0.2, 0.25) is 10.0 Å². The number of hydrogen-bond acceptors (Lipinski definition) is 4. The van der Waals surface area contributed by atoms with Crippen LogP contribution < -0.4 is 4.90 Å². The van der Waals surface area contributed by atoms with Crippen LogP contribution in [0, 0.1) is 5.82 Å². The van der Waals surface area contributed by atoms with E-state index >= 15 is 0 Å². The van der Waals surface area contributed by atoms with Crippen molar-refractivity contribution < 1.29 is 9.18 Å². The van der Waals surface area contributed by atoms with Crippen molar-refractivity contribution in [2.45, 2.75) is 6.42 Å². The van der Waals surface area contributed by atoms with Gasteiger partial charge in [-0.15, -0.1) is 0 Å². The molecule has 0 saturated carbocycles.